The summed E-state index contributed by atoms with van der Waals surface area (Å²) in [4.78, 5) is 0. The number of benzene rings is 1. The number of rotatable bonds is 1. The van der Waals surface area contributed by atoms with Crippen molar-refractivity contribution in [3.8, 4) is 6.07 Å². The molecule has 0 fully saturated rings. The molecule has 0 heterocycles. The van der Waals surface area contributed by atoms with Crippen LogP contribution in [0.15, 0.2) is 12.1 Å². The molecule has 12 heavy (non-hydrogen) atoms. The van der Waals surface area contributed by atoms with E-state index in [0.717, 1.165) is 14.7 Å². The van der Waals surface area contributed by atoms with Gasteiger partial charge in [0.15, 0.2) is 0 Å². The second-order valence-corrected chi connectivity index (χ2v) is 3.76. The SMILES string of the molecule is Cc1cc(I)cc(C#N)c1CO. The highest BCUT2D eigenvalue weighted by molar-refractivity contribution is 14.1. The van der Waals surface area contributed by atoms with Gasteiger partial charge < -0.3 is 5.11 Å². The summed E-state index contributed by atoms with van der Waals surface area (Å²) in [7, 11) is 0. The highest BCUT2D eigenvalue weighted by Crippen LogP contribution is 2.17. The van der Waals surface area contributed by atoms with E-state index in [0.29, 0.717) is 5.56 Å². The molecule has 1 rings (SSSR count). The van der Waals surface area contributed by atoms with Gasteiger partial charge in [-0.25, -0.2) is 0 Å². The Morgan fingerprint density at radius 3 is 2.75 bits per heavy atom. The molecule has 3 heteroatoms. The molecule has 62 valence electrons. The minimum Gasteiger partial charge on any atom is -0.392 e. The third-order valence-electron chi connectivity index (χ3n) is 1.72. The lowest BCUT2D eigenvalue weighted by molar-refractivity contribution is 0.280. The standard InChI is InChI=1S/C9H8INO/c1-6-2-8(10)3-7(4-11)9(6)5-12/h2-3,12H,5H2,1H3. The highest BCUT2D eigenvalue weighted by atomic mass is 127. The zero-order valence-electron chi connectivity index (χ0n) is 6.63. The zero-order valence-corrected chi connectivity index (χ0v) is 8.79. The maximum absolute atomic E-state index is 8.97. The average molecular weight is 273 g/mol. The number of halogens is 1. The molecule has 0 aromatic heterocycles. The van der Waals surface area contributed by atoms with E-state index >= 15 is 0 Å². The van der Waals surface area contributed by atoms with Crippen LogP contribution in [-0.2, 0) is 6.61 Å². The first-order valence-electron chi connectivity index (χ1n) is 3.49. The molecule has 0 radical (unpaired) electrons. The van der Waals surface area contributed by atoms with Gasteiger partial charge in [0.05, 0.1) is 18.2 Å². The second kappa shape index (κ2) is 3.87. The smallest absolute Gasteiger partial charge is 0.0995 e. The summed E-state index contributed by atoms with van der Waals surface area (Å²) in [6.45, 7) is 1.83. The van der Waals surface area contributed by atoms with Gasteiger partial charge in [-0.2, -0.15) is 5.26 Å². The topological polar surface area (TPSA) is 44.0 Å². The van der Waals surface area contributed by atoms with Crippen LogP contribution in [0.4, 0.5) is 0 Å². The molecule has 0 atom stereocenters. The Morgan fingerprint density at radius 2 is 2.25 bits per heavy atom. The fourth-order valence-corrected chi connectivity index (χ4v) is 1.86. The maximum atomic E-state index is 8.97. The Balaban J connectivity index is 3.36. The molecule has 2 nitrogen and oxygen atoms in total. The van der Waals surface area contributed by atoms with Crippen LogP contribution in [-0.4, -0.2) is 5.11 Å². The van der Waals surface area contributed by atoms with E-state index in [1.54, 1.807) is 6.07 Å². The van der Waals surface area contributed by atoms with Crippen LogP contribution in [0, 0.1) is 21.8 Å². The molecule has 0 amide bonds. The van der Waals surface area contributed by atoms with Gasteiger partial charge in [0.25, 0.3) is 0 Å². The fourth-order valence-electron chi connectivity index (χ4n) is 1.08. The first-order chi connectivity index (χ1) is 5.69. The lowest BCUT2D eigenvalue weighted by atomic mass is 10.0. The van der Waals surface area contributed by atoms with Gasteiger partial charge >= 0.3 is 0 Å². The van der Waals surface area contributed by atoms with E-state index in [4.69, 9.17) is 10.4 Å². The monoisotopic (exact) mass is 273 g/mol. The molecular weight excluding hydrogens is 265 g/mol. The van der Waals surface area contributed by atoms with E-state index in [1.165, 1.54) is 0 Å². The Kier molecular flexibility index (Phi) is 3.06. The molecular formula is C9H8INO. The lowest BCUT2D eigenvalue weighted by Gasteiger charge is -2.04. The predicted molar refractivity (Wildman–Crippen MR) is 54.5 cm³/mol. The quantitative estimate of drug-likeness (QED) is 0.795. The average Bonchev–Trinajstić information content (AvgIpc) is 2.03. The fraction of sp³-hybridized carbons (Fsp3) is 0.222. The van der Waals surface area contributed by atoms with Crippen molar-refractivity contribution in [2.24, 2.45) is 0 Å². The van der Waals surface area contributed by atoms with Crippen molar-refractivity contribution in [3.05, 3.63) is 32.4 Å². The molecule has 0 spiro atoms. The summed E-state index contributed by atoms with van der Waals surface area (Å²) in [5.74, 6) is 0. The molecule has 0 aliphatic carbocycles. The first-order valence-corrected chi connectivity index (χ1v) is 4.57. The van der Waals surface area contributed by atoms with Gasteiger partial charge in [0, 0.05) is 3.57 Å². The van der Waals surface area contributed by atoms with Crippen LogP contribution in [0.2, 0.25) is 0 Å². The summed E-state index contributed by atoms with van der Waals surface area (Å²) in [5, 5.41) is 17.7. The Labute approximate surface area is 85.0 Å². The Hall–Kier alpha value is -0.600. The van der Waals surface area contributed by atoms with Crippen LogP contribution in [0.25, 0.3) is 0 Å². The molecule has 1 aromatic carbocycles. The summed E-state index contributed by atoms with van der Waals surface area (Å²) < 4.78 is 1.03. The largest absolute Gasteiger partial charge is 0.392 e. The van der Waals surface area contributed by atoms with E-state index < -0.39 is 0 Å². The van der Waals surface area contributed by atoms with Crippen molar-refractivity contribution in [2.45, 2.75) is 13.5 Å². The van der Waals surface area contributed by atoms with Crippen molar-refractivity contribution < 1.29 is 5.11 Å². The van der Waals surface area contributed by atoms with Crippen molar-refractivity contribution in [1.82, 2.24) is 0 Å². The maximum Gasteiger partial charge on any atom is 0.0995 e. The van der Waals surface area contributed by atoms with Gasteiger partial charge in [-0.05, 0) is 52.8 Å². The van der Waals surface area contributed by atoms with Gasteiger partial charge in [-0.3, -0.25) is 0 Å². The van der Waals surface area contributed by atoms with Gasteiger partial charge in [0.2, 0.25) is 0 Å². The molecule has 0 unspecified atom stereocenters. The molecule has 1 N–H and O–H groups in total. The molecule has 0 aliphatic heterocycles. The molecule has 0 bridgehead atoms. The number of hydrogen-bond donors (Lipinski definition) is 1. The third-order valence-corrected chi connectivity index (χ3v) is 2.34. The Morgan fingerprint density at radius 1 is 1.58 bits per heavy atom. The molecule has 0 saturated carbocycles. The minimum atomic E-state index is -0.0638. The van der Waals surface area contributed by atoms with Crippen LogP contribution in [0.1, 0.15) is 16.7 Å². The van der Waals surface area contributed by atoms with Crippen molar-refractivity contribution in [1.29, 1.82) is 5.26 Å². The number of nitrogens with zero attached hydrogens (tertiary/aromatic N) is 1. The van der Waals surface area contributed by atoms with Crippen LogP contribution < -0.4 is 0 Å². The van der Waals surface area contributed by atoms with E-state index in [2.05, 4.69) is 28.7 Å². The summed E-state index contributed by atoms with van der Waals surface area (Å²) in [6.07, 6.45) is 0. The number of hydrogen-bond acceptors (Lipinski definition) is 2. The van der Waals surface area contributed by atoms with E-state index in [1.807, 2.05) is 13.0 Å². The van der Waals surface area contributed by atoms with Crippen molar-refractivity contribution >= 4 is 22.6 Å². The second-order valence-electron chi connectivity index (χ2n) is 2.52. The summed E-state index contributed by atoms with van der Waals surface area (Å²) in [6, 6.07) is 5.79. The number of nitriles is 1. The lowest BCUT2D eigenvalue weighted by Crippen LogP contribution is -1.94. The zero-order chi connectivity index (χ0) is 9.14. The predicted octanol–water partition coefficient (Wildman–Crippen LogP) is 1.96. The molecule has 0 saturated heterocycles. The third kappa shape index (κ3) is 1.76. The van der Waals surface area contributed by atoms with E-state index in [-0.39, 0.29) is 6.61 Å². The van der Waals surface area contributed by atoms with Gasteiger partial charge in [-0.15, -0.1) is 0 Å². The van der Waals surface area contributed by atoms with Crippen LogP contribution in [0.5, 0.6) is 0 Å². The van der Waals surface area contributed by atoms with Gasteiger partial charge in [0.1, 0.15) is 0 Å². The van der Waals surface area contributed by atoms with E-state index in [9.17, 15) is 0 Å². The molecule has 1 aromatic rings. The van der Waals surface area contributed by atoms with Crippen molar-refractivity contribution in [2.75, 3.05) is 0 Å². The highest BCUT2D eigenvalue weighted by Gasteiger charge is 2.05. The van der Waals surface area contributed by atoms with Gasteiger partial charge in [-0.1, -0.05) is 0 Å². The normalized spacial score (nSPS) is 9.50. The first kappa shape index (κ1) is 9.49. The number of aliphatic hydroxyl groups is 1. The number of aryl methyl sites for hydroxylation is 1. The number of aliphatic hydroxyl groups excluding tert-OH is 1. The minimum absolute atomic E-state index is 0.0638. The summed E-state index contributed by atoms with van der Waals surface area (Å²) >= 11 is 2.15. The van der Waals surface area contributed by atoms with Crippen molar-refractivity contribution in [3.63, 3.8) is 0 Å². The van der Waals surface area contributed by atoms with Crippen LogP contribution >= 0.6 is 22.6 Å². The van der Waals surface area contributed by atoms with Crippen LogP contribution in [0.3, 0.4) is 0 Å². The Bertz CT molecular complexity index is 341. The molecule has 0 aliphatic rings. The summed E-state index contributed by atoms with van der Waals surface area (Å²) in [5.41, 5.74) is 2.28.